The van der Waals surface area contributed by atoms with Crippen molar-refractivity contribution in [3.63, 3.8) is 0 Å². The van der Waals surface area contributed by atoms with Crippen LogP contribution < -0.4 is 4.90 Å². The van der Waals surface area contributed by atoms with E-state index in [2.05, 4.69) is 40.2 Å². The number of benzene rings is 3. The maximum absolute atomic E-state index is 12.7. The van der Waals surface area contributed by atoms with Crippen LogP contribution in [0.25, 0.3) is 10.8 Å². The molecule has 3 aromatic rings. The van der Waals surface area contributed by atoms with Gasteiger partial charge in [-0.2, -0.15) is 0 Å². The average molecular weight is 384 g/mol. The molecule has 0 N–H and O–H groups in total. The molecule has 0 radical (unpaired) electrons. The van der Waals surface area contributed by atoms with Gasteiger partial charge in [0.25, 0.3) is 5.91 Å². The van der Waals surface area contributed by atoms with Crippen molar-refractivity contribution in [1.82, 2.24) is 0 Å². The van der Waals surface area contributed by atoms with Crippen LogP contribution in [0.4, 0.5) is 5.69 Å². The fourth-order valence-corrected chi connectivity index (χ4v) is 4.84. The van der Waals surface area contributed by atoms with E-state index >= 15 is 0 Å². The van der Waals surface area contributed by atoms with E-state index in [9.17, 15) is 4.79 Å². The highest BCUT2D eigenvalue weighted by atomic mass is 79.9. The predicted molar refractivity (Wildman–Crippen MR) is 99.6 cm³/mol. The first kappa shape index (κ1) is 14.8. The van der Waals surface area contributed by atoms with Crippen LogP contribution in [0.2, 0.25) is 0 Å². The molecule has 0 aromatic heterocycles. The van der Waals surface area contributed by atoms with Gasteiger partial charge in [0.2, 0.25) is 0 Å². The minimum Gasteiger partial charge on any atom is -0.308 e. The van der Waals surface area contributed by atoms with E-state index in [0.717, 1.165) is 31.4 Å². The van der Waals surface area contributed by atoms with Crippen molar-refractivity contribution in [2.75, 3.05) is 11.4 Å². The molecule has 0 atom stereocenters. The molecule has 3 aromatic carbocycles. The summed E-state index contributed by atoms with van der Waals surface area (Å²) in [7, 11) is 0. The summed E-state index contributed by atoms with van der Waals surface area (Å²) in [6, 6.07) is 18.5. The summed E-state index contributed by atoms with van der Waals surface area (Å²) in [6.45, 7) is 2.69. The fraction of sp³-hybridized carbons (Fsp3) is 0.105. The Balaban J connectivity index is 1.96. The number of hydrogen-bond acceptors (Lipinski definition) is 2. The first-order valence-electron chi connectivity index (χ1n) is 7.50. The summed E-state index contributed by atoms with van der Waals surface area (Å²) in [5, 5.41) is 2.20. The smallest absolute Gasteiger partial charge is 0.260 e. The topological polar surface area (TPSA) is 20.3 Å². The number of amides is 1. The third kappa shape index (κ3) is 2.28. The van der Waals surface area contributed by atoms with E-state index in [-0.39, 0.29) is 5.91 Å². The number of nitrogens with zero attached hydrogens (tertiary/aromatic N) is 1. The third-order valence-corrected chi connectivity index (χ3v) is 5.78. The molecule has 0 saturated carbocycles. The quantitative estimate of drug-likeness (QED) is 0.575. The Bertz CT molecular complexity index is 924. The molecule has 1 heterocycles. The number of rotatable bonds is 3. The Labute approximate surface area is 147 Å². The van der Waals surface area contributed by atoms with Crippen molar-refractivity contribution in [3.8, 4) is 0 Å². The minimum absolute atomic E-state index is 0.0850. The Hall–Kier alpha value is -1.78. The van der Waals surface area contributed by atoms with Crippen molar-refractivity contribution >= 4 is 50.1 Å². The van der Waals surface area contributed by atoms with Crippen LogP contribution in [0, 0.1) is 0 Å². The lowest BCUT2D eigenvalue weighted by molar-refractivity contribution is 0.0994. The standard InChI is InChI=1S/C19H14BrNOS/c1-2-21-15-10-6-9-13-16(23-12-7-4-3-5-8-12)11-14(20)18(17(13)15)19(21)22/h3-11H,2H2,1H3. The van der Waals surface area contributed by atoms with E-state index in [0.29, 0.717) is 6.54 Å². The normalized spacial score (nSPS) is 13.1. The van der Waals surface area contributed by atoms with E-state index in [1.54, 1.807) is 11.8 Å². The maximum Gasteiger partial charge on any atom is 0.260 e. The molecule has 4 heteroatoms. The van der Waals surface area contributed by atoms with Gasteiger partial charge in [-0.3, -0.25) is 4.79 Å². The second-order valence-corrected chi connectivity index (χ2v) is 7.37. The lowest BCUT2D eigenvalue weighted by atomic mass is 10.1. The van der Waals surface area contributed by atoms with Crippen LogP contribution in [-0.2, 0) is 0 Å². The number of carbonyl (C=O) groups excluding carboxylic acids is 1. The molecule has 0 aliphatic carbocycles. The third-order valence-electron chi connectivity index (χ3n) is 4.09. The Morgan fingerprint density at radius 1 is 1.09 bits per heavy atom. The lowest BCUT2D eigenvalue weighted by Gasteiger charge is -2.14. The summed E-state index contributed by atoms with van der Waals surface area (Å²) in [5.74, 6) is 0.0850. The number of anilines is 1. The number of carbonyl (C=O) groups is 1. The molecular weight excluding hydrogens is 370 g/mol. The molecule has 1 amide bonds. The van der Waals surface area contributed by atoms with Crippen molar-refractivity contribution in [1.29, 1.82) is 0 Å². The van der Waals surface area contributed by atoms with Gasteiger partial charge in [0.15, 0.2) is 0 Å². The highest BCUT2D eigenvalue weighted by molar-refractivity contribution is 9.10. The van der Waals surface area contributed by atoms with Gasteiger partial charge in [0, 0.05) is 26.2 Å². The fourth-order valence-electron chi connectivity index (χ4n) is 3.08. The van der Waals surface area contributed by atoms with Crippen molar-refractivity contribution in [2.24, 2.45) is 0 Å². The molecule has 1 aliphatic rings. The SMILES string of the molecule is CCN1C(=O)c2c(Br)cc(Sc3ccccc3)c3cccc1c23. The van der Waals surface area contributed by atoms with Crippen LogP contribution >= 0.6 is 27.7 Å². The zero-order chi connectivity index (χ0) is 16.0. The zero-order valence-electron chi connectivity index (χ0n) is 12.5. The van der Waals surface area contributed by atoms with Gasteiger partial charge in [-0.05, 0) is 52.5 Å². The van der Waals surface area contributed by atoms with Crippen LogP contribution in [0.15, 0.2) is 68.9 Å². The van der Waals surface area contributed by atoms with Crippen molar-refractivity contribution in [3.05, 3.63) is 64.6 Å². The van der Waals surface area contributed by atoms with E-state index < -0.39 is 0 Å². The maximum atomic E-state index is 12.7. The number of halogens is 1. The molecule has 2 nitrogen and oxygen atoms in total. The number of hydrogen-bond donors (Lipinski definition) is 0. The molecular formula is C19H14BrNOS. The first-order chi connectivity index (χ1) is 11.2. The van der Waals surface area contributed by atoms with E-state index in [1.807, 2.05) is 42.2 Å². The summed E-state index contributed by atoms with van der Waals surface area (Å²) < 4.78 is 0.872. The van der Waals surface area contributed by atoms with Gasteiger partial charge in [0.1, 0.15) is 0 Å². The largest absolute Gasteiger partial charge is 0.308 e. The predicted octanol–water partition coefficient (Wildman–Crippen LogP) is 5.73. The van der Waals surface area contributed by atoms with E-state index in [4.69, 9.17) is 0 Å². The van der Waals surface area contributed by atoms with Crippen LogP contribution in [0.3, 0.4) is 0 Å². The first-order valence-corrected chi connectivity index (χ1v) is 9.11. The van der Waals surface area contributed by atoms with Gasteiger partial charge in [0.05, 0.1) is 11.3 Å². The Morgan fingerprint density at radius 2 is 1.87 bits per heavy atom. The van der Waals surface area contributed by atoms with Crippen LogP contribution in [-0.4, -0.2) is 12.5 Å². The van der Waals surface area contributed by atoms with E-state index in [1.165, 1.54) is 4.90 Å². The summed E-state index contributed by atoms with van der Waals surface area (Å²) in [5.41, 5.74) is 1.80. The lowest BCUT2D eigenvalue weighted by Crippen LogP contribution is -2.26. The van der Waals surface area contributed by atoms with Crippen molar-refractivity contribution in [2.45, 2.75) is 16.7 Å². The zero-order valence-corrected chi connectivity index (χ0v) is 14.9. The molecule has 1 aliphatic heterocycles. The highest BCUT2D eigenvalue weighted by Crippen LogP contribution is 2.45. The van der Waals surface area contributed by atoms with Crippen molar-refractivity contribution < 1.29 is 4.79 Å². The second-order valence-electron chi connectivity index (χ2n) is 5.40. The van der Waals surface area contributed by atoms with Gasteiger partial charge >= 0.3 is 0 Å². The summed E-state index contributed by atoms with van der Waals surface area (Å²) in [4.78, 5) is 16.9. The van der Waals surface area contributed by atoms with Gasteiger partial charge in [-0.25, -0.2) is 0 Å². The molecule has 23 heavy (non-hydrogen) atoms. The van der Waals surface area contributed by atoms with Gasteiger partial charge in [-0.1, -0.05) is 42.1 Å². The summed E-state index contributed by atoms with van der Waals surface area (Å²) in [6.07, 6.45) is 0. The molecule has 114 valence electrons. The van der Waals surface area contributed by atoms with Gasteiger partial charge in [-0.15, -0.1) is 0 Å². The second kappa shape index (κ2) is 5.69. The average Bonchev–Trinajstić information content (AvgIpc) is 2.86. The van der Waals surface area contributed by atoms with Crippen LogP contribution in [0.5, 0.6) is 0 Å². The molecule has 0 bridgehead atoms. The molecule has 0 spiro atoms. The highest BCUT2D eigenvalue weighted by Gasteiger charge is 2.31. The summed E-state index contributed by atoms with van der Waals surface area (Å²) >= 11 is 5.34. The van der Waals surface area contributed by atoms with Gasteiger partial charge < -0.3 is 4.90 Å². The Kier molecular flexibility index (Phi) is 3.66. The minimum atomic E-state index is 0.0850. The molecule has 0 unspecified atom stereocenters. The molecule has 4 rings (SSSR count). The molecule has 0 fully saturated rings. The monoisotopic (exact) mass is 383 g/mol. The molecule has 0 saturated heterocycles. The van der Waals surface area contributed by atoms with Crippen LogP contribution in [0.1, 0.15) is 17.3 Å². The Morgan fingerprint density at radius 3 is 2.61 bits per heavy atom.